The number of carbonyl (C=O) groups excluding carboxylic acids is 2. The van der Waals surface area contributed by atoms with Crippen molar-refractivity contribution in [2.24, 2.45) is 0 Å². The number of amides is 3. The van der Waals surface area contributed by atoms with Crippen LogP contribution < -0.4 is 16.0 Å². The summed E-state index contributed by atoms with van der Waals surface area (Å²) in [4.78, 5) is 31.8. The Hall–Kier alpha value is -3.68. The number of benzene rings is 1. The number of pyridine rings is 1. The summed E-state index contributed by atoms with van der Waals surface area (Å²) in [6, 6.07) is 9.61. The average molecular weight is 393 g/mol. The summed E-state index contributed by atoms with van der Waals surface area (Å²) >= 11 is 0. The van der Waals surface area contributed by atoms with Gasteiger partial charge in [0.2, 0.25) is 0 Å². The molecule has 1 aromatic carbocycles. The average Bonchev–Trinajstić information content (AvgIpc) is 3.02. The monoisotopic (exact) mass is 393 g/mol. The van der Waals surface area contributed by atoms with Crippen LogP contribution in [0.5, 0.6) is 0 Å². The van der Waals surface area contributed by atoms with Crippen LogP contribution in [0.25, 0.3) is 16.5 Å². The predicted octanol–water partition coefficient (Wildman–Crippen LogP) is 2.72. The highest BCUT2D eigenvalue weighted by Crippen LogP contribution is 2.32. The molecule has 3 amide bonds. The van der Waals surface area contributed by atoms with Crippen molar-refractivity contribution in [3.05, 3.63) is 71.6 Å². The number of hydrogen-bond donors (Lipinski definition) is 4. The van der Waals surface area contributed by atoms with Crippen molar-refractivity contribution in [1.82, 2.24) is 25.9 Å². The first-order valence-electron chi connectivity index (χ1n) is 9.35. The number of aromatic amines is 1. The zero-order valence-electron chi connectivity index (χ0n) is 15.6. The highest BCUT2D eigenvalue weighted by Gasteiger charge is 2.24. The molecule has 0 aliphatic carbocycles. The van der Waals surface area contributed by atoms with Crippen molar-refractivity contribution in [3.8, 4) is 0 Å². The number of aromatic nitrogens is 2. The quantitative estimate of drug-likeness (QED) is 0.548. The lowest BCUT2D eigenvalue weighted by Gasteiger charge is -2.08. The van der Waals surface area contributed by atoms with Gasteiger partial charge in [0.1, 0.15) is 11.5 Å². The van der Waals surface area contributed by atoms with Crippen LogP contribution in [0.3, 0.4) is 0 Å². The van der Waals surface area contributed by atoms with Crippen LogP contribution >= 0.6 is 0 Å². The maximum absolute atomic E-state index is 13.8. The molecule has 1 aliphatic rings. The molecule has 7 nitrogen and oxygen atoms in total. The number of fused-ring (bicyclic) bond motifs is 3. The normalized spacial score (nSPS) is 14.9. The highest BCUT2D eigenvalue weighted by molar-refractivity contribution is 6.07. The van der Waals surface area contributed by atoms with E-state index in [4.69, 9.17) is 0 Å². The molecule has 3 heterocycles. The molecule has 0 unspecified atom stereocenters. The van der Waals surface area contributed by atoms with Gasteiger partial charge in [0.25, 0.3) is 5.91 Å². The van der Waals surface area contributed by atoms with E-state index in [2.05, 4.69) is 25.9 Å². The molecule has 0 fully saturated rings. The van der Waals surface area contributed by atoms with Gasteiger partial charge in [0.15, 0.2) is 0 Å². The summed E-state index contributed by atoms with van der Waals surface area (Å²) < 4.78 is 13.8. The van der Waals surface area contributed by atoms with Crippen LogP contribution in [0, 0.1) is 5.82 Å². The number of rotatable bonds is 4. The van der Waals surface area contributed by atoms with Crippen molar-refractivity contribution >= 4 is 28.4 Å². The SMILES string of the molecule is O=C(NC=C1CCNC(=O)c2[nH]c3ccc(F)cc3c21)NCCc1ccccn1. The standard InChI is InChI=1S/C21H20FN5O2/c22-14-4-5-17-16(11-14)18-13(6-9-24-20(28)19(18)27-17)12-26-21(29)25-10-7-15-3-1-2-8-23-15/h1-5,8,11-12,27H,6-7,9-10H2,(H,24,28)(H2,25,26,29). The van der Waals surface area contributed by atoms with Gasteiger partial charge in [-0.25, -0.2) is 9.18 Å². The van der Waals surface area contributed by atoms with Gasteiger partial charge in [0.05, 0.1) is 0 Å². The minimum absolute atomic E-state index is 0.250. The molecule has 3 aromatic rings. The smallest absolute Gasteiger partial charge is 0.318 e. The Morgan fingerprint density at radius 1 is 1.28 bits per heavy atom. The Morgan fingerprint density at radius 2 is 2.17 bits per heavy atom. The lowest BCUT2D eigenvalue weighted by molar-refractivity contribution is 0.0952. The molecule has 1 aliphatic heterocycles. The summed E-state index contributed by atoms with van der Waals surface area (Å²) in [5.41, 5.74) is 3.29. The van der Waals surface area contributed by atoms with Crippen molar-refractivity contribution in [2.75, 3.05) is 13.1 Å². The first kappa shape index (κ1) is 18.7. The van der Waals surface area contributed by atoms with Gasteiger partial charge in [-0.15, -0.1) is 0 Å². The van der Waals surface area contributed by atoms with E-state index in [1.54, 1.807) is 18.5 Å². The first-order valence-corrected chi connectivity index (χ1v) is 9.35. The van der Waals surface area contributed by atoms with Crippen molar-refractivity contribution in [1.29, 1.82) is 0 Å². The lowest BCUT2D eigenvalue weighted by atomic mass is 10.0. The van der Waals surface area contributed by atoms with E-state index in [1.165, 1.54) is 12.1 Å². The van der Waals surface area contributed by atoms with E-state index < -0.39 is 0 Å². The lowest BCUT2D eigenvalue weighted by Crippen LogP contribution is -2.33. The Kier molecular flexibility index (Phi) is 5.24. The molecule has 4 rings (SSSR count). The number of nitrogens with one attached hydrogen (secondary N) is 4. The molecular formula is C21H20FN5O2. The Morgan fingerprint density at radius 3 is 3.00 bits per heavy atom. The topological polar surface area (TPSA) is 98.9 Å². The summed E-state index contributed by atoms with van der Waals surface area (Å²) in [5, 5.41) is 8.90. The molecule has 148 valence electrons. The van der Waals surface area contributed by atoms with E-state index in [1.807, 2.05) is 18.2 Å². The Balaban J connectivity index is 1.50. The third-order valence-corrected chi connectivity index (χ3v) is 4.76. The van der Waals surface area contributed by atoms with E-state index in [-0.39, 0.29) is 17.8 Å². The van der Waals surface area contributed by atoms with E-state index in [9.17, 15) is 14.0 Å². The molecule has 0 bridgehead atoms. The number of hydrogen-bond acceptors (Lipinski definition) is 3. The third-order valence-electron chi connectivity index (χ3n) is 4.76. The Labute approximate surface area is 166 Å². The van der Waals surface area contributed by atoms with Crippen molar-refractivity contribution < 1.29 is 14.0 Å². The van der Waals surface area contributed by atoms with Crippen LogP contribution in [-0.2, 0) is 6.42 Å². The molecular weight excluding hydrogens is 373 g/mol. The molecule has 8 heteroatoms. The maximum atomic E-state index is 13.8. The summed E-state index contributed by atoms with van der Waals surface area (Å²) in [7, 11) is 0. The highest BCUT2D eigenvalue weighted by atomic mass is 19.1. The largest absolute Gasteiger partial charge is 0.350 e. The predicted molar refractivity (Wildman–Crippen MR) is 108 cm³/mol. The molecule has 0 spiro atoms. The van der Waals surface area contributed by atoms with Crippen LogP contribution in [0.15, 0.2) is 48.8 Å². The van der Waals surface area contributed by atoms with Gasteiger partial charge in [0, 0.05) is 54.1 Å². The van der Waals surface area contributed by atoms with E-state index in [0.717, 1.165) is 11.3 Å². The van der Waals surface area contributed by atoms with Crippen molar-refractivity contribution in [2.45, 2.75) is 12.8 Å². The molecule has 0 radical (unpaired) electrons. The van der Waals surface area contributed by atoms with Gasteiger partial charge in [-0.3, -0.25) is 9.78 Å². The number of nitrogens with zero attached hydrogens (tertiary/aromatic N) is 1. The van der Waals surface area contributed by atoms with Crippen LogP contribution in [0.4, 0.5) is 9.18 Å². The summed E-state index contributed by atoms with van der Waals surface area (Å²) in [6.07, 6.45) is 4.42. The molecule has 0 saturated heterocycles. The number of urea groups is 1. The van der Waals surface area contributed by atoms with Gasteiger partial charge < -0.3 is 20.9 Å². The fraction of sp³-hybridized carbons (Fsp3) is 0.190. The minimum atomic E-state index is -0.386. The Bertz CT molecular complexity index is 1090. The third kappa shape index (κ3) is 4.11. The first-order chi connectivity index (χ1) is 14.1. The molecule has 29 heavy (non-hydrogen) atoms. The van der Waals surface area contributed by atoms with Crippen molar-refractivity contribution in [3.63, 3.8) is 0 Å². The number of carbonyl (C=O) groups is 2. The molecule has 2 aromatic heterocycles. The molecule has 0 atom stereocenters. The van der Waals surface area contributed by atoms with E-state index in [0.29, 0.717) is 48.1 Å². The second-order valence-corrected chi connectivity index (χ2v) is 6.71. The van der Waals surface area contributed by atoms with Gasteiger partial charge in [-0.2, -0.15) is 0 Å². The summed E-state index contributed by atoms with van der Waals surface area (Å²) in [6.45, 7) is 0.864. The summed E-state index contributed by atoms with van der Waals surface area (Å²) in [5.74, 6) is -0.636. The minimum Gasteiger partial charge on any atom is -0.350 e. The van der Waals surface area contributed by atoms with Crippen LogP contribution in [0.2, 0.25) is 0 Å². The molecule has 4 N–H and O–H groups in total. The fourth-order valence-electron chi connectivity index (χ4n) is 3.39. The van der Waals surface area contributed by atoms with Crippen LogP contribution in [-0.4, -0.2) is 35.0 Å². The van der Waals surface area contributed by atoms with Gasteiger partial charge in [-0.05, 0) is 42.3 Å². The second kappa shape index (κ2) is 8.14. The number of H-pyrrole nitrogens is 1. The van der Waals surface area contributed by atoms with E-state index >= 15 is 0 Å². The second-order valence-electron chi connectivity index (χ2n) is 6.71. The maximum Gasteiger partial charge on any atom is 0.318 e. The van der Waals surface area contributed by atoms with Crippen LogP contribution in [0.1, 0.15) is 28.2 Å². The zero-order valence-corrected chi connectivity index (χ0v) is 15.6. The zero-order chi connectivity index (χ0) is 20.2. The van der Waals surface area contributed by atoms with Gasteiger partial charge in [-0.1, -0.05) is 6.07 Å². The van der Waals surface area contributed by atoms with Gasteiger partial charge >= 0.3 is 6.03 Å². The fourth-order valence-corrected chi connectivity index (χ4v) is 3.39. The molecule has 0 saturated carbocycles. The number of halogens is 1.